The van der Waals surface area contributed by atoms with Crippen LogP contribution in [-0.2, 0) is 0 Å². The quantitative estimate of drug-likeness (QED) is 0.891. The Morgan fingerprint density at radius 3 is 1.95 bits per heavy atom. The number of benzene rings is 1. The molecule has 0 aromatic heterocycles. The predicted molar refractivity (Wildman–Crippen MR) is 92.3 cm³/mol. The van der Waals surface area contributed by atoms with E-state index in [0.29, 0.717) is 6.04 Å². The zero-order chi connectivity index (χ0) is 13.2. The number of aryl methyl sites for hydroxylation is 1. The van der Waals surface area contributed by atoms with Crippen molar-refractivity contribution < 1.29 is 0 Å². The average Bonchev–Trinajstić information content (AvgIpc) is 2.32. The minimum Gasteiger partial charge on any atom is -0.314 e. The molecule has 1 aromatic rings. The largest absolute Gasteiger partial charge is 0.314 e. The molecule has 0 amide bonds. The van der Waals surface area contributed by atoms with Crippen LogP contribution in [0.5, 0.6) is 0 Å². The molecule has 0 spiro atoms. The van der Waals surface area contributed by atoms with Gasteiger partial charge in [0.05, 0.1) is 0 Å². The lowest BCUT2D eigenvalue weighted by molar-refractivity contribution is 0.0862. The van der Waals surface area contributed by atoms with Crippen molar-refractivity contribution in [2.75, 3.05) is 26.2 Å². The molecule has 2 rings (SSSR count). The normalized spacial score (nSPS) is 17.8. The van der Waals surface area contributed by atoms with Gasteiger partial charge in [-0.1, -0.05) is 50.6 Å². The van der Waals surface area contributed by atoms with Crippen molar-refractivity contribution in [2.24, 2.45) is 5.41 Å². The Kier molecular flexibility index (Phi) is 8.12. The molecule has 1 N–H and O–H groups in total. The number of hydrogen-bond acceptors (Lipinski definition) is 2. The van der Waals surface area contributed by atoms with E-state index in [9.17, 15) is 0 Å². The van der Waals surface area contributed by atoms with Crippen molar-refractivity contribution in [2.45, 2.75) is 33.7 Å². The highest BCUT2D eigenvalue weighted by atomic mass is 35.5. The molecule has 4 heteroatoms. The second-order valence-corrected chi connectivity index (χ2v) is 6.47. The Balaban J connectivity index is 0.00000180. The number of piperazine rings is 1. The zero-order valence-electron chi connectivity index (χ0n) is 13.0. The van der Waals surface area contributed by atoms with E-state index in [0.717, 1.165) is 26.2 Å². The van der Waals surface area contributed by atoms with Crippen LogP contribution >= 0.6 is 24.8 Å². The number of nitrogens with one attached hydrogen (secondary N) is 1. The molecule has 0 bridgehead atoms. The minimum absolute atomic E-state index is 0. The van der Waals surface area contributed by atoms with E-state index in [-0.39, 0.29) is 30.2 Å². The van der Waals surface area contributed by atoms with Crippen LogP contribution in [0.3, 0.4) is 0 Å². The number of hydrogen-bond donors (Lipinski definition) is 1. The summed E-state index contributed by atoms with van der Waals surface area (Å²) >= 11 is 0. The number of rotatable bonds is 2. The molecular weight excluding hydrogens is 291 g/mol. The maximum absolute atomic E-state index is 3.44. The molecule has 116 valence electrons. The Morgan fingerprint density at radius 2 is 1.50 bits per heavy atom. The molecule has 1 aliphatic heterocycles. The highest BCUT2D eigenvalue weighted by molar-refractivity contribution is 5.85. The van der Waals surface area contributed by atoms with Crippen molar-refractivity contribution in [1.29, 1.82) is 0 Å². The van der Waals surface area contributed by atoms with Gasteiger partial charge in [-0.2, -0.15) is 0 Å². The van der Waals surface area contributed by atoms with Gasteiger partial charge in [0.2, 0.25) is 0 Å². The van der Waals surface area contributed by atoms with Gasteiger partial charge < -0.3 is 5.32 Å². The van der Waals surface area contributed by atoms with Gasteiger partial charge >= 0.3 is 0 Å². The number of nitrogens with zero attached hydrogens (tertiary/aromatic N) is 1. The molecule has 0 unspecified atom stereocenters. The van der Waals surface area contributed by atoms with Gasteiger partial charge in [0.25, 0.3) is 0 Å². The molecule has 20 heavy (non-hydrogen) atoms. The van der Waals surface area contributed by atoms with Gasteiger partial charge in [-0.15, -0.1) is 24.8 Å². The molecule has 0 saturated carbocycles. The summed E-state index contributed by atoms with van der Waals surface area (Å²) in [6.45, 7) is 13.7. The van der Waals surface area contributed by atoms with Crippen LogP contribution in [0.1, 0.15) is 37.9 Å². The SMILES string of the molecule is Cc1ccc([C@@H](N2CCNCC2)C(C)(C)C)cc1.Cl.Cl. The van der Waals surface area contributed by atoms with Crippen molar-refractivity contribution in [3.8, 4) is 0 Å². The summed E-state index contributed by atoms with van der Waals surface area (Å²) in [5.74, 6) is 0. The third kappa shape index (κ3) is 4.92. The van der Waals surface area contributed by atoms with E-state index in [1.807, 2.05) is 0 Å². The van der Waals surface area contributed by atoms with Crippen LogP contribution in [0.15, 0.2) is 24.3 Å². The van der Waals surface area contributed by atoms with Gasteiger partial charge in [-0.3, -0.25) is 4.90 Å². The molecule has 1 aliphatic rings. The van der Waals surface area contributed by atoms with Gasteiger partial charge in [-0.25, -0.2) is 0 Å². The van der Waals surface area contributed by atoms with E-state index in [1.54, 1.807) is 0 Å². The van der Waals surface area contributed by atoms with Crippen LogP contribution < -0.4 is 5.32 Å². The highest BCUT2D eigenvalue weighted by Gasteiger charge is 2.32. The summed E-state index contributed by atoms with van der Waals surface area (Å²) in [6, 6.07) is 9.58. The van der Waals surface area contributed by atoms with Crippen LogP contribution in [0, 0.1) is 12.3 Å². The summed E-state index contributed by atoms with van der Waals surface area (Å²) < 4.78 is 0. The Bertz CT molecular complexity index is 378. The smallest absolute Gasteiger partial charge is 0.0397 e. The molecule has 1 atom stereocenters. The van der Waals surface area contributed by atoms with Crippen LogP contribution in [0.4, 0.5) is 0 Å². The maximum Gasteiger partial charge on any atom is 0.0397 e. The fourth-order valence-corrected chi connectivity index (χ4v) is 2.95. The first-order valence-electron chi connectivity index (χ1n) is 7.00. The molecule has 0 radical (unpaired) electrons. The first-order chi connectivity index (χ1) is 8.48. The maximum atomic E-state index is 3.44. The predicted octanol–water partition coefficient (Wildman–Crippen LogP) is 3.83. The fourth-order valence-electron chi connectivity index (χ4n) is 2.95. The Morgan fingerprint density at radius 1 is 1.00 bits per heavy atom. The standard InChI is InChI=1S/C16H26N2.2ClH/c1-13-5-7-14(8-6-13)15(16(2,3)4)18-11-9-17-10-12-18;;/h5-8,15,17H,9-12H2,1-4H3;2*1H/t15-;;/m1../s1. The summed E-state index contributed by atoms with van der Waals surface area (Å²) in [4.78, 5) is 2.63. The van der Waals surface area contributed by atoms with Crippen molar-refractivity contribution in [3.05, 3.63) is 35.4 Å². The van der Waals surface area contributed by atoms with E-state index in [4.69, 9.17) is 0 Å². The van der Waals surface area contributed by atoms with Gasteiger partial charge in [-0.05, 0) is 17.9 Å². The highest BCUT2D eigenvalue weighted by Crippen LogP contribution is 2.38. The molecular formula is C16H28Cl2N2. The summed E-state index contributed by atoms with van der Waals surface area (Å²) in [6.07, 6.45) is 0. The Labute approximate surface area is 136 Å². The van der Waals surface area contributed by atoms with Gasteiger partial charge in [0, 0.05) is 32.2 Å². The van der Waals surface area contributed by atoms with Crippen molar-refractivity contribution in [1.82, 2.24) is 10.2 Å². The van der Waals surface area contributed by atoms with Crippen LogP contribution in [0.2, 0.25) is 0 Å². The summed E-state index contributed by atoms with van der Waals surface area (Å²) in [7, 11) is 0. The van der Waals surface area contributed by atoms with E-state index in [1.165, 1.54) is 11.1 Å². The summed E-state index contributed by atoms with van der Waals surface area (Å²) in [5, 5.41) is 3.44. The van der Waals surface area contributed by atoms with Crippen molar-refractivity contribution >= 4 is 24.8 Å². The molecule has 1 aromatic carbocycles. The van der Waals surface area contributed by atoms with Crippen LogP contribution in [0.25, 0.3) is 0 Å². The monoisotopic (exact) mass is 318 g/mol. The van der Waals surface area contributed by atoms with E-state index >= 15 is 0 Å². The minimum atomic E-state index is 0. The van der Waals surface area contributed by atoms with Gasteiger partial charge in [0.1, 0.15) is 0 Å². The third-order valence-electron chi connectivity index (χ3n) is 3.73. The lowest BCUT2D eigenvalue weighted by atomic mass is 9.81. The molecule has 1 fully saturated rings. The lowest BCUT2D eigenvalue weighted by Gasteiger charge is -2.42. The lowest BCUT2D eigenvalue weighted by Crippen LogP contribution is -2.48. The zero-order valence-corrected chi connectivity index (χ0v) is 14.6. The summed E-state index contributed by atoms with van der Waals surface area (Å²) in [5.41, 5.74) is 3.06. The van der Waals surface area contributed by atoms with Crippen LogP contribution in [-0.4, -0.2) is 31.1 Å². The van der Waals surface area contributed by atoms with Gasteiger partial charge in [0.15, 0.2) is 0 Å². The molecule has 1 heterocycles. The fraction of sp³-hybridized carbons (Fsp3) is 0.625. The second-order valence-electron chi connectivity index (χ2n) is 6.47. The van der Waals surface area contributed by atoms with Crippen molar-refractivity contribution in [3.63, 3.8) is 0 Å². The number of halogens is 2. The Hall–Kier alpha value is -0.280. The molecule has 0 aliphatic carbocycles. The second kappa shape index (κ2) is 8.23. The first-order valence-corrected chi connectivity index (χ1v) is 7.00. The molecule has 2 nitrogen and oxygen atoms in total. The topological polar surface area (TPSA) is 15.3 Å². The molecule has 1 saturated heterocycles. The first kappa shape index (κ1) is 19.7. The van der Waals surface area contributed by atoms with E-state index in [2.05, 4.69) is 62.2 Å². The average molecular weight is 319 g/mol. The third-order valence-corrected chi connectivity index (χ3v) is 3.73. The van der Waals surface area contributed by atoms with E-state index < -0.39 is 0 Å².